The van der Waals surface area contributed by atoms with Crippen molar-refractivity contribution < 1.29 is 14.6 Å². The Hall–Kier alpha value is -1.37. The van der Waals surface area contributed by atoms with Crippen LogP contribution in [0.4, 0.5) is 5.69 Å². The normalized spacial score (nSPS) is 18.1. The van der Waals surface area contributed by atoms with Crippen molar-refractivity contribution >= 4 is 24.1 Å². The van der Waals surface area contributed by atoms with Crippen LogP contribution in [0.25, 0.3) is 0 Å². The van der Waals surface area contributed by atoms with Crippen molar-refractivity contribution in [3.63, 3.8) is 0 Å². The number of rotatable bonds is 2. The average Bonchev–Trinajstić information content (AvgIpc) is 2.46. The SMILES string of the molecule is Cl.O=C(O)c1nc2c(cc1N1CCOCC1)CNCC2. The fourth-order valence-electron chi connectivity index (χ4n) is 2.58. The fourth-order valence-corrected chi connectivity index (χ4v) is 2.58. The summed E-state index contributed by atoms with van der Waals surface area (Å²) in [4.78, 5) is 17.8. The van der Waals surface area contributed by atoms with E-state index in [2.05, 4.69) is 15.2 Å². The van der Waals surface area contributed by atoms with Gasteiger partial charge in [-0.25, -0.2) is 9.78 Å². The molecule has 3 rings (SSSR count). The van der Waals surface area contributed by atoms with E-state index in [1.54, 1.807) is 0 Å². The van der Waals surface area contributed by atoms with Crippen LogP contribution in [-0.2, 0) is 17.7 Å². The van der Waals surface area contributed by atoms with Crippen LogP contribution in [0, 0.1) is 0 Å². The van der Waals surface area contributed by atoms with Gasteiger partial charge in [-0.1, -0.05) is 0 Å². The molecule has 6 nitrogen and oxygen atoms in total. The fraction of sp³-hybridized carbons (Fsp3) is 0.538. The number of halogens is 1. The molecule has 7 heteroatoms. The second-order valence-electron chi connectivity index (χ2n) is 4.79. The van der Waals surface area contributed by atoms with Crippen molar-refractivity contribution in [3.05, 3.63) is 23.0 Å². The van der Waals surface area contributed by atoms with E-state index in [-0.39, 0.29) is 18.1 Å². The van der Waals surface area contributed by atoms with Gasteiger partial charge in [-0.3, -0.25) is 0 Å². The predicted molar refractivity (Wildman–Crippen MR) is 76.9 cm³/mol. The Morgan fingerprint density at radius 1 is 1.40 bits per heavy atom. The molecule has 1 fully saturated rings. The Morgan fingerprint density at radius 2 is 2.15 bits per heavy atom. The van der Waals surface area contributed by atoms with Crippen LogP contribution in [0.15, 0.2) is 6.07 Å². The topological polar surface area (TPSA) is 74.7 Å². The zero-order valence-electron chi connectivity index (χ0n) is 11.1. The molecule has 0 amide bonds. The van der Waals surface area contributed by atoms with Gasteiger partial charge in [-0.2, -0.15) is 0 Å². The smallest absolute Gasteiger partial charge is 0.356 e. The van der Waals surface area contributed by atoms with Crippen LogP contribution >= 0.6 is 12.4 Å². The third-order valence-electron chi connectivity index (χ3n) is 3.58. The Bertz CT molecular complexity index is 504. The van der Waals surface area contributed by atoms with Gasteiger partial charge in [0.2, 0.25) is 0 Å². The van der Waals surface area contributed by atoms with Gasteiger partial charge in [0.15, 0.2) is 5.69 Å². The van der Waals surface area contributed by atoms with E-state index in [0.29, 0.717) is 26.3 Å². The van der Waals surface area contributed by atoms with Crippen LogP contribution in [-0.4, -0.2) is 48.9 Å². The molecule has 2 aliphatic heterocycles. The van der Waals surface area contributed by atoms with Crippen LogP contribution in [0.1, 0.15) is 21.7 Å². The van der Waals surface area contributed by atoms with Crippen molar-refractivity contribution in [2.75, 3.05) is 37.7 Å². The number of fused-ring (bicyclic) bond motifs is 1. The number of anilines is 1. The van der Waals surface area contributed by atoms with Gasteiger partial charge in [-0.05, 0) is 11.6 Å². The van der Waals surface area contributed by atoms with E-state index in [1.807, 2.05) is 6.07 Å². The average molecular weight is 300 g/mol. The molecule has 0 saturated carbocycles. The first-order chi connectivity index (χ1) is 9.25. The number of hydrogen-bond donors (Lipinski definition) is 2. The van der Waals surface area contributed by atoms with Crippen molar-refractivity contribution in [3.8, 4) is 0 Å². The summed E-state index contributed by atoms with van der Waals surface area (Å²) in [6.45, 7) is 4.32. The highest BCUT2D eigenvalue weighted by molar-refractivity contribution is 5.92. The molecule has 1 aromatic heterocycles. The number of nitrogens with one attached hydrogen (secondary N) is 1. The highest BCUT2D eigenvalue weighted by Crippen LogP contribution is 2.25. The summed E-state index contributed by atoms with van der Waals surface area (Å²) in [6, 6.07) is 1.98. The number of carboxylic acids is 1. The molecule has 1 saturated heterocycles. The van der Waals surface area contributed by atoms with E-state index in [4.69, 9.17) is 4.74 Å². The molecule has 110 valence electrons. The molecule has 3 heterocycles. The van der Waals surface area contributed by atoms with Crippen molar-refractivity contribution in [2.24, 2.45) is 0 Å². The molecule has 0 aromatic carbocycles. The molecule has 0 bridgehead atoms. The van der Waals surface area contributed by atoms with Crippen molar-refractivity contribution in [1.29, 1.82) is 0 Å². The number of hydrogen-bond acceptors (Lipinski definition) is 5. The van der Waals surface area contributed by atoms with E-state index < -0.39 is 5.97 Å². The Kier molecular flexibility index (Phi) is 4.80. The van der Waals surface area contributed by atoms with Crippen molar-refractivity contribution in [2.45, 2.75) is 13.0 Å². The van der Waals surface area contributed by atoms with E-state index >= 15 is 0 Å². The molecular formula is C13H18ClN3O3. The lowest BCUT2D eigenvalue weighted by atomic mass is 10.0. The lowest BCUT2D eigenvalue weighted by Crippen LogP contribution is -2.38. The summed E-state index contributed by atoms with van der Waals surface area (Å²) in [5.41, 5.74) is 2.91. The zero-order chi connectivity index (χ0) is 13.2. The monoisotopic (exact) mass is 299 g/mol. The molecule has 2 N–H and O–H groups in total. The van der Waals surface area contributed by atoms with Gasteiger partial charge in [0, 0.05) is 38.3 Å². The Balaban J connectivity index is 0.00000147. The third-order valence-corrected chi connectivity index (χ3v) is 3.58. The summed E-state index contributed by atoms with van der Waals surface area (Å²) in [5.74, 6) is -0.956. The molecule has 0 unspecified atom stereocenters. The van der Waals surface area contributed by atoms with E-state index in [1.165, 1.54) is 0 Å². The molecule has 0 aliphatic carbocycles. The highest BCUT2D eigenvalue weighted by Gasteiger charge is 2.23. The molecule has 2 aliphatic rings. The summed E-state index contributed by atoms with van der Waals surface area (Å²) < 4.78 is 5.31. The van der Waals surface area contributed by atoms with Crippen LogP contribution < -0.4 is 10.2 Å². The maximum Gasteiger partial charge on any atom is 0.356 e. The lowest BCUT2D eigenvalue weighted by molar-refractivity contribution is 0.0689. The molecule has 0 atom stereocenters. The minimum absolute atomic E-state index is 0. The van der Waals surface area contributed by atoms with Crippen molar-refractivity contribution in [1.82, 2.24) is 10.3 Å². The number of morpholine rings is 1. The number of nitrogens with zero attached hydrogens (tertiary/aromatic N) is 2. The first kappa shape index (κ1) is 15.0. The van der Waals surface area contributed by atoms with E-state index in [9.17, 15) is 9.90 Å². The largest absolute Gasteiger partial charge is 0.476 e. The standard InChI is InChI=1S/C13H17N3O3.ClH/c17-13(18)12-11(16-3-5-19-6-4-16)7-9-8-14-2-1-10(9)15-12;/h7,14H,1-6,8H2,(H,17,18);1H. The minimum atomic E-state index is -0.956. The number of carbonyl (C=O) groups is 1. The summed E-state index contributed by atoms with van der Waals surface area (Å²) in [5, 5.41) is 12.7. The van der Waals surface area contributed by atoms with Gasteiger partial charge < -0.3 is 20.1 Å². The van der Waals surface area contributed by atoms with E-state index in [0.717, 1.165) is 36.5 Å². The Morgan fingerprint density at radius 3 is 2.85 bits per heavy atom. The quantitative estimate of drug-likeness (QED) is 0.837. The number of carboxylic acid groups (broad SMARTS) is 1. The summed E-state index contributed by atoms with van der Waals surface area (Å²) >= 11 is 0. The molecule has 1 aromatic rings. The van der Waals surface area contributed by atoms with Gasteiger partial charge in [0.05, 0.1) is 18.9 Å². The molecular weight excluding hydrogens is 282 g/mol. The summed E-state index contributed by atoms with van der Waals surface area (Å²) in [7, 11) is 0. The second-order valence-corrected chi connectivity index (χ2v) is 4.79. The van der Waals surface area contributed by atoms with Gasteiger partial charge in [-0.15, -0.1) is 12.4 Å². The van der Waals surface area contributed by atoms with Crippen LogP contribution in [0.3, 0.4) is 0 Å². The summed E-state index contributed by atoms with van der Waals surface area (Å²) in [6.07, 6.45) is 0.791. The van der Waals surface area contributed by atoms with Crippen LogP contribution in [0.2, 0.25) is 0 Å². The molecule has 20 heavy (non-hydrogen) atoms. The van der Waals surface area contributed by atoms with Gasteiger partial charge in [0.25, 0.3) is 0 Å². The zero-order valence-corrected chi connectivity index (χ0v) is 11.9. The predicted octanol–water partition coefficient (Wildman–Crippen LogP) is 0.684. The van der Waals surface area contributed by atoms with Crippen LogP contribution in [0.5, 0.6) is 0 Å². The second kappa shape index (κ2) is 6.39. The minimum Gasteiger partial charge on any atom is -0.476 e. The first-order valence-electron chi connectivity index (χ1n) is 6.55. The lowest BCUT2D eigenvalue weighted by Gasteiger charge is -2.30. The van der Waals surface area contributed by atoms with Gasteiger partial charge >= 0.3 is 5.97 Å². The number of ether oxygens (including phenoxy) is 1. The number of pyridine rings is 1. The third kappa shape index (κ3) is 2.87. The maximum atomic E-state index is 11.4. The first-order valence-corrected chi connectivity index (χ1v) is 6.55. The van der Waals surface area contributed by atoms with Gasteiger partial charge in [0.1, 0.15) is 0 Å². The number of aromatic carboxylic acids is 1. The maximum absolute atomic E-state index is 11.4. The Labute approximate surface area is 123 Å². The molecule has 0 spiro atoms. The number of aromatic nitrogens is 1. The highest BCUT2D eigenvalue weighted by atomic mass is 35.5. The molecule has 0 radical (unpaired) electrons.